The van der Waals surface area contributed by atoms with Crippen LogP contribution < -0.4 is 11.5 Å². The Morgan fingerprint density at radius 3 is 2.37 bits per heavy atom. The Bertz CT molecular complexity index is 418. The van der Waals surface area contributed by atoms with Gasteiger partial charge in [-0.15, -0.1) is 0 Å². The predicted octanol–water partition coefficient (Wildman–Crippen LogP) is 0.426. The number of hydrogen-bond donors (Lipinski definition) is 2. The molecule has 4 fully saturated rings. The number of hydrogen-bond acceptors (Lipinski definition) is 3. The fourth-order valence-corrected chi connectivity index (χ4v) is 8.51. The van der Waals surface area contributed by atoms with Crippen molar-refractivity contribution < 1.29 is 16.3 Å². The minimum absolute atomic E-state index is 0.255. The Morgan fingerprint density at radius 1 is 1.00 bits per heavy atom. The molecule has 4 aliphatic carbocycles. The van der Waals surface area contributed by atoms with E-state index >= 15 is 0 Å². The predicted molar refractivity (Wildman–Crippen MR) is 77.8 cm³/mol. The average molecular weight is 300 g/mol. The quantitative estimate of drug-likeness (QED) is 0.574. The van der Waals surface area contributed by atoms with Gasteiger partial charge in [-0.1, -0.05) is 10.8 Å². The van der Waals surface area contributed by atoms with Gasteiger partial charge in [-0.25, -0.2) is 0 Å². The number of fused-ring (bicyclic) bond motifs is 9. The molecule has 9 atom stereocenters. The average Bonchev–Trinajstić information content (AvgIpc) is 3.07. The molecule has 3 unspecified atom stereocenters. The fraction of sp³-hybridized carbons (Fsp3) is 0.929. The summed E-state index contributed by atoms with van der Waals surface area (Å²) < 4.78 is 0. The van der Waals surface area contributed by atoms with Crippen molar-refractivity contribution in [2.24, 2.45) is 35.5 Å². The van der Waals surface area contributed by atoms with Gasteiger partial charge in [-0.2, -0.15) is 0 Å². The van der Waals surface area contributed by atoms with Gasteiger partial charge in [0.2, 0.25) is 0 Å². The van der Waals surface area contributed by atoms with Crippen LogP contribution >= 0.6 is 21.6 Å². The van der Waals surface area contributed by atoms with Crippen LogP contribution in [-0.4, -0.2) is 22.4 Å². The summed E-state index contributed by atoms with van der Waals surface area (Å²) in [5.41, 5.74) is 8.82. The van der Waals surface area contributed by atoms with E-state index in [1.54, 1.807) is 6.92 Å². The molecule has 0 aliphatic heterocycles. The van der Waals surface area contributed by atoms with Crippen molar-refractivity contribution in [3.63, 3.8) is 0 Å². The highest BCUT2D eigenvalue weighted by Crippen LogP contribution is 2.68. The van der Waals surface area contributed by atoms with Crippen LogP contribution in [-0.2, 0) is 4.79 Å². The normalized spacial score (nSPS) is 57.7. The van der Waals surface area contributed by atoms with Crippen molar-refractivity contribution in [2.75, 3.05) is 0 Å². The fourth-order valence-electron chi connectivity index (χ4n) is 6.05. The summed E-state index contributed by atoms with van der Waals surface area (Å²) in [7, 11) is 3.34. The van der Waals surface area contributed by atoms with Crippen molar-refractivity contribution in [1.29, 1.82) is 0 Å². The Labute approximate surface area is 122 Å². The van der Waals surface area contributed by atoms with Gasteiger partial charge in [0.1, 0.15) is 12.1 Å². The topological polar surface area (TPSA) is 72.3 Å². The second-order valence-electron chi connectivity index (χ2n) is 7.15. The van der Waals surface area contributed by atoms with Crippen LogP contribution in [0.2, 0.25) is 0 Å². The third-order valence-electron chi connectivity index (χ3n) is 6.54. The van der Waals surface area contributed by atoms with Crippen molar-refractivity contribution in [2.45, 2.75) is 43.5 Å². The van der Waals surface area contributed by atoms with E-state index in [4.69, 9.17) is 0 Å². The number of quaternary nitrogens is 2. The smallest absolute Gasteiger partial charge is 0.196 e. The zero-order chi connectivity index (χ0) is 13.3. The standard InChI is InChI=1S/C14H22N2OS2/c1-5(17)18-19-10-3-6-2-7(10)12-9-4-8(11(6)12)13(15)14(9)16/h6-14H,2-4,15-16H2,1H3/p+2/t6-,7?,8-,9+,10+,11+,12-,13?,14?/m1/s1. The molecule has 0 heterocycles. The maximum atomic E-state index is 11.2. The van der Waals surface area contributed by atoms with Crippen molar-refractivity contribution in [3.05, 3.63) is 0 Å². The first-order chi connectivity index (χ1) is 9.08. The molecule has 0 aromatic rings. The molecule has 4 bridgehead atoms. The van der Waals surface area contributed by atoms with E-state index in [9.17, 15) is 4.79 Å². The van der Waals surface area contributed by atoms with Crippen LogP contribution in [0.3, 0.4) is 0 Å². The Morgan fingerprint density at radius 2 is 1.68 bits per heavy atom. The first-order valence-corrected chi connectivity index (χ1v) is 9.79. The monoisotopic (exact) mass is 300 g/mol. The lowest BCUT2D eigenvalue weighted by Gasteiger charge is -2.40. The van der Waals surface area contributed by atoms with E-state index in [1.165, 1.54) is 30.1 Å². The van der Waals surface area contributed by atoms with E-state index in [1.807, 2.05) is 10.8 Å². The minimum atomic E-state index is 0.255. The summed E-state index contributed by atoms with van der Waals surface area (Å²) in [5, 5.41) is 0.986. The lowest BCUT2D eigenvalue weighted by molar-refractivity contribution is -0.542. The van der Waals surface area contributed by atoms with E-state index in [0.717, 1.165) is 40.8 Å². The highest BCUT2D eigenvalue weighted by Gasteiger charge is 2.69. The second kappa shape index (κ2) is 4.39. The Hall–Kier alpha value is 0.290. The van der Waals surface area contributed by atoms with Gasteiger partial charge in [-0.05, 0) is 53.7 Å². The molecule has 6 N–H and O–H groups in total. The van der Waals surface area contributed by atoms with Gasteiger partial charge in [0.15, 0.2) is 5.12 Å². The number of carbonyl (C=O) groups excluding carboxylic acids is 1. The van der Waals surface area contributed by atoms with Gasteiger partial charge < -0.3 is 11.5 Å². The molecular formula is C14H24N2OS2+2. The summed E-state index contributed by atoms with van der Waals surface area (Å²) >= 11 is 0. The van der Waals surface area contributed by atoms with E-state index < -0.39 is 0 Å². The third-order valence-corrected chi connectivity index (χ3v) is 9.40. The maximum absolute atomic E-state index is 11.2. The van der Waals surface area contributed by atoms with Gasteiger partial charge in [0.05, 0.1) is 0 Å². The molecule has 4 saturated carbocycles. The molecule has 106 valence electrons. The van der Waals surface area contributed by atoms with Crippen LogP contribution in [0.4, 0.5) is 0 Å². The van der Waals surface area contributed by atoms with Crippen LogP contribution in [0, 0.1) is 35.5 Å². The van der Waals surface area contributed by atoms with Crippen LogP contribution in [0.5, 0.6) is 0 Å². The Balaban J connectivity index is 1.52. The van der Waals surface area contributed by atoms with Crippen LogP contribution in [0.15, 0.2) is 0 Å². The van der Waals surface area contributed by atoms with Crippen LogP contribution in [0.25, 0.3) is 0 Å². The van der Waals surface area contributed by atoms with Crippen LogP contribution in [0.1, 0.15) is 26.2 Å². The summed E-state index contributed by atoms with van der Waals surface area (Å²) in [6, 6.07) is 1.21. The maximum Gasteiger partial charge on any atom is 0.196 e. The molecule has 0 saturated heterocycles. The molecule has 19 heavy (non-hydrogen) atoms. The first kappa shape index (κ1) is 13.0. The summed E-state index contributed by atoms with van der Waals surface area (Å²) in [5.74, 6) is 5.42. The molecule has 3 nitrogen and oxygen atoms in total. The van der Waals surface area contributed by atoms with Crippen molar-refractivity contribution >= 4 is 26.7 Å². The van der Waals surface area contributed by atoms with Gasteiger partial charge in [0, 0.05) is 24.0 Å². The SMILES string of the molecule is CC(=O)SS[C@H]1C[C@H]2CC1[C@H]1[C@@H]2[C@H]2C[C@@H]1C([NH3+])C2[NH3+]. The minimum Gasteiger partial charge on any atom is -0.350 e. The van der Waals surface area contributed by atoms with Gasteiger partial charge in [-0.3, -0.25) is 4.79 Å². The molecule has 0 radical (unpaired) electrons. The molecular weight excluding hydrogens is 276 g/mol. The lowest BCUT2D eigenvalue weighted by atomic mass is 9.68. The first-order valence-electron chi connectivity index (χ1n) is 7.58. The largest absolute Gasteiger partial charge is 0.350 e. The van der Waals surface area contributed by atoms with Crippen molar-refractivity contribution in [1.82, 2.24) is 0 Å². The zero-order valence-corrected chi connectivity index (χ0v) is 13.1. The van der Waals surface area contributed by atoms with E-state index in [0.29, 0.717) is 12.1 Å². The van der Waals surface area contributed by atoms with E-state index in [-0.39, 0.29) is 5.12 Å². The summed E-state index contributed by atoms with van der Waals surface area (Å²) in [6.45, 7) is 1.69. The van der Waals surface area contributed by atoms with Gasteiger partial charge in [0.25, 0.3) is 0 Å². The molecule has 0 spiro atoms. The molecule has 0 aromatic heterocycles. The highest BCUT2D eigenvalue weighted by atomic mass is 33.1. The molecule has 4 rings (SSSR count). The second-order valence-corrected chi connectivity index (χ2v) is 9.77. The summed E-state index contributed by atoms with van der Waals surface area (Å²) in [6.07, 6.45) is 4.19. The summed E-state index contributed by atoms with van der Waals surface area (Å²) in [4.78, 5) is 11.2. The lowest BCUT2D eigenvalue weighted by Crippen LogP contribution is -2.82. The molecule has 4 aliphatic rings. The number of rotatable bonds is 2. The Kier molecular flexibility index (Phi) is 3.00. The molecule has 5 heteroatoms. The molecule has 0 aromatic carbocycles. The number of carbonyl (C=O) groups is 1. The molecule has 0 amide bonds. The highest BCUT2D eigenvalue weighted by molar-refractivity contribution is 8.82. The van der Waals surface area contributed by atoms with Gasteiger partial charge >= 0.3 is 0 Å². The van der Waals surface area contributed by atoms with E-state index in [2.05, 4.69) is 11.5 Å². The third kappa shape index (κ3) is 1.71. The van der Waals surface area contributed by atoms with Crippen molar-refractivity contribution in [3.8, 4) is 0 Å². The zero-order valence-electron chi connectivity index (χ0n) is 11.5.